The van der Waals surface area contributed by atoms with Crippen molar-refractivity contribution in [2.45, 2.75) is 32.6 Å². The Morgan fingerprint density at radius 3 is 2.50 bits per heavy atom. The number of rotatable bonds is 1. The van der Waals surface area contributed by atoms with Gasteiger partial charge in [0.1, 0.15) is 0 Å². The lowest BCUT2D eigenvalue weighted by molar-refractivity contribution is 0.587. The van der Waals surface area contributed by atoms with Crippen LogP contribution in [0.3, 0.4) is 0 Å². The van der Waals surface area contributed by atoms with Gasteiger partial charge in [0, 0.05) is 19.3 Å². The number of hydrogen-bond donors (Lipinski definition) is 0. The summed E-state index contributed by atoms with van der Waals surface area (Å²) in [6, 6.07) is 2.32. The van der Waals surface area contributed by atoms with Gasteiger partial charge in [-0.3, -0.25) is 4.98 Å². The summed E-state index contributed by atoms with van der Waals surface area (Å²) in [4.78, 5) is 6.89. The molecule has 3 rings (SSSR count). The van der Waals surface area contributed by atoms with Crippen molar-refractivity contribution in [1.29, 1.82) is 0 Å². The third kappa shape index (κ3) is 1.70. The van der Waals surface area contributed by atoms with Crippen LogP contribution in [0.4, 0.5) is 5.69 Å². The van der Waals surface area contributed by atoms with Crippen molar-refractivity contribution in [2.24, 2.45) is 11.8 Å². The molecule has 0 N–H and O–H groups in total. The predicted octanol–water partition coefficient (Wildman–Crippen LogP) is 2.84. The van der Waals surface area contributed by atoms with Crippen LogP contribution in [0, 0.1) is 11.8 Å². The molecule has 0 amide bonds. The van der Waals surface area contributed by atoms with Crippen LogP contribution in [0.25, 0.3) is 0 Å². The van der Waals surface area contributed by atoms with Gasteiger partial charge in [-0.05, 0) is 35.3 Å². The third-order valence-electron chi connectivity index (χ3n) is 3.93. The first-order valence-electron chi connectivity index (χ1n) is 6.24. The summed E-state index contributed by atoms with van der Waals surface area (Å²) in [5, 5.41) is 0. The van der Waals surface area contributed by atoms with Gasteiger partial charge in [-0.15, -0.1) is 0 Å². The van der Waals surface area contributed by atoms with Crippen molar-refractivity contribution in [1.82, 2.24) is 4.98 Å². The lowest BCUT2D eigenvalue weighted by Gasteiger charge is -2.24. The molecule has 1 aromatic heterocycles. The molecule has 2 unspecified atom stereocenters. The maximum Gasteiger partial charge on any atom is 0.0555 e. The smallest absolute Gasteiger partial charge is 0.0555 e. The highest BCUT2D eigenvalue weighted by Crippen LogP contribution is 2.46. The highest BCUT2D eigenvalue weighted by molar-refractivity contribution is 5.49. The van der Waals surface area contributed by atoms with Crippen LogP contribution < -0.4 is 4.90 Å². The van der Waals surface area contributed by atoms with Crippen molar-refractivity contribution in [2.75, 3.05) is 18.0 Å². The lowest BCUT2D eigenvalue weighted by Crippen LogP contribution is -2.23. The minimum Gasteiger partial charge on any atom is -0.370 e. The maximum absolute atomic E-state index is 4.39. The fraction of sp³-hybridized carbons (Fsp3) is 0.643. The molecule has 1 saturated heterocycles. The van der Waals surface area contributed by atoms with Crippen LogP contribution >= 0.6 is 0 Å². The Morgan fingerprint density at radius 1 is 1.19 bits per heavy atom. The molecule has 1 saturated carbocycles. The van der Waals surface area contributed by atoms with Crippen LogP contribution in [0.1, 0.15) is 32.8 Å². The van der Waals surface area contributed by atoms with E-state index >= 15 is 0 Å². The molecule has 2 heteroatoms. The molecule has 0 bridgehead atoms. The van der Waals surface area contributed by atoms with Crippen LogP contribution in [0.15, 0.2) is 18.5 Å². The molecule has 2 atom stereocenters. The molecule has 1 aliphatic carbocycles. The van der Waals surface area contributed by atoms with E-state index in [9.17, 15) is 0 Å². The first-order chi connectivity index (χ1) is 7.54. The molecule has 1 aliphatic heterocycles. The van der Waals surface area contributed by atoms with Gasteiger partial charge in [0.2, 0.25) is 0 Å². The van der Waals surface area contributed by atoms with Crippen LogP contribution in [-0.2, 0) is 5.41 Å². The summed E-state index contributed by atoms with van der Waals surface area (Å²) in [5.41, 5.74) is 2.86. The van der Waals surface area contributed by atoms with Gasteiger partial charge in [0.15, 0.2) is 0 Å². The molecule has 2 heterocycles. The lowest BCUT2D eigenvalue weighted by atomic mass is 9.88. The largest absolute Gasteiger partial charge is 0.370 e. The number of pyridine rings is 1. The standard InChI is InChI=1S/C14H20N2/c1-14(2,3)12-5-13(7-15-6-12)16-8-10-4-11(10)9-16/h5-7,10-11H,4,8-9H2,1-3H3. The predicted molar refractivity (Wildman–Crippen MR) is 66.7 cm³/mol. The van der Waals surface area contributed by atoms with Gasteiger partial charge in [-0.2, -0.15) is 0 Å². The Morgan fingerprint density at radius 2 is 1.88 bits per heavy atom. The second kappa shape index (κ2) is 3.22. The molecule has 2 aliphatic rings. The number of hydrogen-bond acceptors (Lipinski definition) is 2. The zero-order chi connectivity index (χ0) is 11.3. The molecule has 2 nitrogen and oxygen atoms in total. The minimum atomic E-state index is 0.200. The first-order valence-corrected chi connectivity index (χ1v) is 6.24. The Labute approximate surface area is 97.7 Å². The van der Waals surface area contributed by atoms with E-state index in [0.717, 1.165) is 11.8 Å². The van der Waals surface area contributed by atoms with Crippen molar-refractivity contribution in [3.8, 4) is 0 Å². The molecule has 0 spiro atoms. The average Bonchev–Trinajstić information content (AvgIpc) is 2.85. The summed E-state index contributed by atoms with van der Waals surface area (Å²) in [5.74, 6) is 1.97. The number of piperidine rings is 1. The molecule has 16 heavy (non-hydrogen) atoms. The highest BCUT2D eigenvalue weighted by Gasteiger charge is 2.45. The van der Waals surface area contributed by atoms with E-state index < -0.39 is 0 Å². The molecular formula is C14H20N2. The molecule has 86 valence electrons. The van der Waals surface area contributed by atoms with Gasteiger partial charge in [0.05, 0.1) is 11.9 Å². The quantitative estimate of drug-likeness (QED) is 0.717. The molecule has 2 fully saturated rings. The summed E-state index contributed by atoms with van der Waals surface area (Å²) in [7, 11) is 0. The zero-order valence-electron chi connectivity index (χ0n) is 10.4. The molecular weight excluding hydrogens is 196 g/mol. The zero-order valence-corrected chi connectivity index (χ0v) is 10.4. The third-order valence-corrected chi connectivity index (χ3v) is 3.93. The van der Waals surface area contributed by atoms with E-state index in [1.165, 1.54) is 30.8 Å². The maximum atomic E-state index is 4.39. The van der Waals surface area contributed by atoms with E-state index in [2.05, 4.69) is 36.7 Å². The monoisotopic (exact) mass is 216 g/mol. The van der Waals surface area contributed by atoms with Gasteiger partial charge in [-0.1, -0.05) is 20.8 Å². The Bertz CT molecular complexity index is 395. The Balaban J connectivity index is 1.85. The first kappa shape index (κ1) is 10.1. The second-order valence-corrected chi connectivity index (χ2v) is 6.34. The van der Waals surface area contributed by atoms with Gasteiger partial charge < -0.3 is 4.90 Å². The molecule has 0 aromatic carbocycles. The Kier molecular flexibility index (Phi) is 2.04. The van der Waals surface area contributed by atoms with Crippen molar-refractivity contribution >= 4 is 5.69 Å². The van der Waals surface area contributed by atoms with E-state index in [0.29, 0.717) is 0 Å². The number of nitrogens with zero attached hydrogens (tertiary/aromatic N) is 2. The van der Waals surface area contributed by atoms with E-state index in [4.69, 9.17) is 0 Å². The fourth-order valence-electron chi connectivity index (χ4n) is 2.62. The summed E-state index contributed by atoms with van der Waals surface area (Å²) >= 11 is 0. The van der Waals surface area contributed by atoms with Crippen molar-refractivity contribution in [3.05, 3.63) is 24.0 Å². The summed E-state index contributed by atoms with van der Waals surface area (Å²) < 4.78 is 0. The SMILES string of the molecule is CC(C)(C)c1cncc(N2CC3CC3C2)c1. The topological polar surface area (TPSA) is 16.1 Å². The average molecular weight is 216 g/mol. The second-order valence-electron chi connectivity index (χ2n) is 6.34. The van der Waals surface area contributed by atoms with Crippen LogP contribution in [0.2, 0.25) is 0 Å². The van der Waals surface area contributed by atoms with E-state index in [-0.39, 0.29) is 5.41 Å². The van der Waals surface area contributed by atoms with Crippen molar-refractivity contribution < 1.29 is 0 Å². The van der Waals surface area contributed by atoms with Crippen molar-refractivity contribution in [3.63, 3.8) is 0 Å². The van der Waals surface area contributed by atoms with Crippen LogP contribution in [0.5, 0.6) is 0 Å². The normalized spacial score (nSPS) is 28.1. The van der Waals surface area contributed by atoms with Crippen LogP contribution in [-0.4, -0.2) is 18.1 Å². The van der Waals surface area contributed by atoms with Gasteiger partial charge >= 0.3 is 0 Å². The minimum absolute atomic E-state index is 0.200. The molecule has 0 radical (unpaired) electrons. The summed E-state index contributed by atoms with van der Waals surface area (Å²) in [6.45, 7) is 9.24. The highest BCUT2D eigenvalue weighted by atomic mass is 15.2. The molecule has 1 aromatic rings. The fourth-order valence-corrected chi connectivity index (χ4v) is 2.62. The van der Waals surface area contributed by atoms with E-state index in [1.54, 1.807) is 0 Å². The summed E-state index contributed by atoms with van der Waals surface area (Å²) in [6.07, 6.45) is 5.48. The van der Waals surface area contributed by atoms with E-state index in [1.807, 2.05) is 12.4 Å². The Hall–Kier alpha value is -1.05. The number of fused-ring (bicyclic) bond motifs is 1. The number of aromatic nitrogens is 1. The number of anilines is 1. The van der Waals surface area contributed by atoms with Gasteiger partial charge in [0.25, 0.3) is 0 Å². The van der Waals surface area contributed by atoms with Gasteiger partial charge in [-0.25, -0.2) is 0 Å².